The molecule has 0 aliphatic heterocycles. The van der Waals surface area contributed by atoms with Crippen LogP contribution >= 0.6 is 0 Å². The monoisotopic (exact) mass is 210 g/mol. The molecule has 0 aromatic rings. The van der Waals surface area contributed by atoms with Crippen LogP contribution in [0.5, 0.6) is 0 Å². The van der Waals surface area contributed by atoms with E-state index < -0.39 is 0 Å². The van der Waals surface area contributed by atoms with Crippen molar-refractivity contribution in [2.45, 2.75) is 51.6 Å². The summed E-state index contributed by atoms with van der Waals surface area (Å²) < 4.78 is 0. The molecule has 1 aliphatic rings. The number of hydrogen-bond donors (Lipinski definition) is 2. The van der Waals surface area contributed by atoms with Gasteiger partial charge in [0.15, 0.2) is 0 Å². The van der Waals surface area contributed by atoms with Crippen molar-refractivity contribution in [3.05, 3.63) is 12.2 Å². The van der Waals surface area contributed by atoms with E-state index in [4.69, 9.17) is 0 Å². The van der Waals surface area contributed by atoms with Crippen molar-refractivity contribution in [1.82, 2.24) is 10.6 Å². The fourth-order valence-electron chi connectivity index (χ4n) is 1.72. The molecule has 1 amide bonds. The number of nitrogens with one attached hydrogen (secondary N) is 2. The van der Waals surface area contributed by atoms with E-state index in [1.807, 2.05) is 6.92 Å². The molecule has 0 spiro atoms. The summed E-state index contributed by atoms with van der Waals surface area (Å²) in [6.07, 6.45) is 8.61. The van der Waals surface area contributed by atoms with Gasteiger partial charge in [0.2, 0.25) is 5.91 Å². The van der Waals surface area contributed by atoms with Gasteiger partial charge < -0.3 is 10.6 Å². The van der Waals surface area contributed by atoms with E-state index >= 15 is 0 Å². The van der Waals surface area contributed by atoms with Crippen LogP contribution in [0.4, 0.5) is 0 Å². The summed E-state index contributed by atoms with van der Waals surface area (Å²) in [6.45, 7) is 4.85. The number of unbranched alkanes of at least 4 members (excludes halogenated alkanes) is 1. The maximum Gasteiger partial charge on any atom is 0.236 e. The molecule has 0 bridgehead atoms. The standard InChI is InChI=1S/C12H22N2O/c1-3-4-9-13-12(15)10(2)14-11-7-5-6-8-11/h5-6,10-11,14H,3-4,7-9H2,1-2H3,(H,13,15). The summed E-state index contributed by atoms with van der Waals surface area (Å²) in [5.74, 6) is 0.121. The highest BCUT2D eigenvalue weighted by atomic mass is 16.2. The fourth-order valence-corrected chi connectivity index (χ4v) is 1.72. The zero-order valence-corrected chi connectivity index (χ0v) is 9.75. The average molecular weight is 210 g/mol. The van der Waals surface area contributed by atoms with Gasteiger partial charge >= 0.3 is 0 Å². The van der Waals surface area contributed by atoms with E-state index in [1.165, 1.54) is 0 Å². The van der Waals surface area contributed by atoms with Crippen molar-refractivity contribution in [2.75, 3.05) is 6.54 Å². The number of hydrogen-bond acceptors (Lipinski definition) is 2. The van der Waals surface area contributed by atoms with Gasteiger partial charge in [-0.25, -0.2) is 0 Å². The Hall–Kier alpha value is -0.830. The van der Waals surface area contributed by atoms with Gasteiger partial charge in [-0.2, -0.15) is 0 Å². The Morgan fingerprint density at radius 2 is 2.13 bits per heavy atom. The minimum Gasteiger partial charge on any atom is -0.355 e. The SMILES string of the molecule is CCCCNC(=O)C(C)NC1CC=CC1. The highest BCUT2D eigenvalue weighted by molar-refractivity contribution is 5.81. The first-order chi connectivity index (χ1) is 7.24. The molecule has 3 heteroatoms. The molecule has 0 fully saturated rings. The molecule has 1 unspecified atom stereocenters. The molecule has 0 saturated heterocycles. The maximum atomic E-state index is 11.6. The van der Waals surface area contributed by atoms with Crippen molar-refractivity contribution < 1.29 is 4.79 Å². The second-order valence-corrected chi connectivity index (χ2v) is 4.17. The molecular formula is C12H22N2O. The molecule has 0 aromatic heterocycles. The largest absolute Gasteiger partial charge is 0.355 e. The molecule has 0 aromatic carbocycles. The molecule has 15 heavy (non-hydrogen) atoms. The summed E-state index contributed by atoms with van der Waals surface area (Å²) in [5.41, 5.74) is 0. The first-order valence-corrected chi connectivity index (χ1v) is 5.92. The summed E-state index contributed by atoms with van der Waals surface area (Å²) in [6, 6.07) is 0.378. The van der Waals surface area contributed by atoms with Crippen molar-refractivity contribution in [3.63, 3.8) is 0 Å². The van der Waals surface area contributed by atoms with Crippen LogP contribution in [0.3, 0.4) is 0 Å². The summed E-state index contributed by atoms with van der Waals surface area (Å²) in [7, 11) is 0. The lowest BCUT2D eigenvalue weighted by molar-refractivity contribution is -0.122. The Morgan fingerprint density at radius 1 is 1.47 bits per heavy atom. The molecule has 86 valence electrons. The van der Waals surface area contributed by atoms with Crippen LogP contribution in [0.25, 0.3) is 0 Å². The third kappa shape index (κ3) is 4.47. The van der Waals surface area contributed by atoms with Crippen molar-refractivity contribution in [3.8, 4) is 0 Å². The third-order valence-corrected chi connectivity index (χ3v) is 2.72. The molecule has 1 rings (SSSR count). The van der Waals surface area contributed by atoms with Crippen LogP contribution in [0.15, 0.2) is 12.2 Å². The van der Waals surface area contributed by atoms with E-state index in [1.54, 1.807) is 0 Å². The highest BCUT2D eigenvalue weighted by Gasteiger charge is 2.17. The number of carbonyl (C=O) groups excluding carboxylic acids is 1. The summed E-state index contributed by atoms with van der Waals surface area (Å²) in [5, 5.41) is 6.27. The zero-order chi connectivity index (χ0) is 11.1. The van der Waals surface area contributed by atoms with Crippen molar-refractivity contribution in [1.29, 1.82) is 0 Å². The van der Waals surface area contributed by atoms with Gasteiger partial charge in [-0.15, -0.1) is 0 Å². The molecule has 3 nitrogen and oxygen atoms in total. The lowest BCUT2D eigenvalue weighted by Crippen LogP contribution is -2.46. The van der Waals surface area contributed by atoms with Crippen LogP contribution in [0.2, 0.25) is 0 Å². The topological polar surface area (TPSA) is 41.1 Å². The number of amides is 1. The lowest BCUT2D eigenvalue weighted by Gasteiger charge is -2.18. The van der Waals surface area contributed by atoms with Gasteiger partial charge in [0.1, 0.15) is 0 Å². The minimum absolute atomic E-state index is 0.0771. The molecular weight excluding hydrogens is 188 g/mol. The van der Waals surface area contributed by atoms with Crippen LogP contribution in [-0.2, 0) is 4.79 Å². The van der Waals surface area contributed by atoms with Crippen molar-refractivity contribution in [2.24, 2.45) is 0 Å². The van der Waals surface area contributed by atoms with Gasteiger partial charge in [0.05, 0.1) is 6.04 Å². The van der Waals surface area contributed by atoms with Crippen LogP contribution in [0.1, 0.15) is 39.5 Å². The minimum atomic E-state index is -0.0771. The Labute approximate surface area is 92.3 Å². The molecule has 2 N–H and O–H groups in total. The summed E-state index contributed by atoms with van der Waals surface area (Å²) in [4.78, 5) is 11.6. The van der Waals surface area contributed by atoms with Gasteiger partial charge in [-0.05, 0) is 26.2 Å². The van der Waals surface area contributed by atoms with Gasteiger partial charge in [0, 0.05) is 12.6 Å². The van der Waals surface area contributed by atoms with Gasteiger partial charge in [-0.3, -0.25) is 4.79 Å². The summed E-state index contributed by atoms with van der Waals surface area (Å²) >= 11 is 0. The number of rotatable bonds is 6. The van der Waals surface area contributed by atoms with Gasteiger partial charge in [-0.1, -0.05) is 25.5 Å². The maximum absolute atomic E-state index is 11.6. The van der Waals surface area contributed by atoms with E-state index in [0.717, 1.165) is 32.2 Å². The van der Waals surface area contributed by atoms with Crippen LogP contribution < -0.4 is 10.6 Å². The predicted octanol–water partition coefficient (Wildman–Crippen LogP) is 1.60. The highest BCUT2D eigenvalue weighted by Crippen LogP contribution is 2.09. The Morgan fingerprint density at radius 3 is 2.73 bits per heavy atom. The normalized spacial score (nSPS) is 18.0. The average Bonchev–Trinajstić information content (AvgIpc) is 2.70. The fraction of sp³-hybridized carbons (Fsp3) is 0.750. The van der Waals surface area contributed by atoms with E-state index in [0.29, 0.717) is 6.04 Å². The molecule has 1 atom stereocenters. The predicted molar refractivity (Wildman–Crippen MR) is 62.7 cm³/mol. The smallest absolute Gasteiger partial charge is 0.236 e. The third-order valence-electron chi connectivity index (χ3n) is 2.72. The quantitative estimate of drug-likeness (QED) is 0.516. The lowest BCUT2D eigenvalue weighted by atomic mass is 10.2. The van der Waals surface area contributed by atoms with Crippen molar-refractivity contribution >= 4 is 5.91 Å². The molecule has 0 radical (unpaired) electrons. The first-order valence-electron chi connectivity index (χ1n) is 5.92. The number of carbonyl (C=O) groups is 1. The Kier molecular flexibility index (Phi) is 5.40. The first kappa shape index (κ1) is 12.2. The second-order valence-electron chi connectivity index (χ2n) is 4.17. The van der Waals surface area contributed by atoms with Crippen LogP contribution in [0, 0.1) is 0 Å². The van der Waals surface area contributed by atoms with Crippen LogP contribution in [-0.4, -0.2) is 24.5 Å². The molecule has 0 saturated carbocycles. The zero-order valence-electron chi connectivity index (χ0n) is 9.75. The van der Waals surface area contributed by atoms with E-state index in [-0.39, 0.29) is 11.9 Å². The second kappa shape index (κ2) is 6.62. The Bertz CT molecular complexity index is 218. The van der Waals surface area contributed by atoms with E-state index in [2.05, 4.69) is 29.7 Å². The van der Waals surface area contributed by atoms with Gasteiger partial charge in [0.25, 0.3) is 0 Å². The Balaban J connectivity index is 2.14. The molecule has 1 aliphatic carbocycles. The van der Waals surface area contributed by atoms with E-state index in [9.17, 15) is 4.79 Å². The molecule has 0 heterocycles.